The molecular weight excluding hydrogens is 410 g/mol. The number of nitrogens with one attached hydrogen (secondary N) is 2. The molecule has 4 rings (SSSR count). The number of aromatic nitrogens is 2. The average molecular weight is 430 g/mol. The molecule has 1 fully saturated rings. The van der Waals surface area contributed by atoms with E-state index in [0.29, 0.717) is 23.8 Å². The summed E-state index contributed by atoms with van der Waals surface area (Å²) in [6.07, 6.45) is 0. The molecule has 1 saturated heterocycles. The van der Waals surface area contributed by atoms with E-state index in [-0.39, 0.29) is 5.69 Å². The van der Waals surface area contributed by atoms with Crippen molar-refractivity contribution in [3.05, 3.63) is 52.0 Å². The predicted molar refractivity (Wildman–Crippen MR) is 112 cm³/mol. The van der Waals surface area contributed by atoms with Crippen molar-refractivity contribution in [3.63, 3.8) is 0 Å². The number of hydrogen-bond donors (Lipinski definition) is 2. The van der Waals surface area contributed by atoms with E-state index in [0.717, 1.165) is 28.8 Å². The molecule has 150 valence electrons. The molecule has 3 heterocycles. The number of thiazole rings is 2. The molecule has 1 aromatic carbocycles. The lowest BCUT2D eigenvalue weighted by Gasteiger charge is -2.25. The molecule has 8 nitrogen and oxygen atoms in total. The predicted octanol–water partition coefficient (Wildman–Crippen LogP) is 2.49. The van der Waals surface area contributed by atoms with Crippen LogP contribution in [0, 0.1) is 6.92 Å². The van der Waals surface area contributed by atoms with Crippen LogP contribution < -0.4 is 15.8 Å². The first-order chi connectivity index (χ1) is 14.1. The van der Waals surface area contributed by atoms with Crippen LogP contribution in [0.2, 0.25) is 0 Å². The number of rotatable bonds is 4. The minimum atomic E-state index is -0.459. The highest BCUT2D eigenvalue weighted by Crippen LogP contribution is 2.27. The van der Waals surface area contributed by atoms with Gasteiger partial charge in [0.1, 0.15) is 15.6 Å². The maximum atomic E-state index is 12.5. The Hall–Kier alpha value is -2.82. The van der Waals surface area contributed by atoms with Gasteiger partial charge >= 0.3 is 0 Å². The number of hydrazine groups is 1. The quantitative estimate of drug-likeness (QED) is 0.619. The number of carbonyl (C=O) groups excluding carboxylic acids is 2. The van der Waals surface area contributed by atoms with Gasteiger partial charge in [-0.25, -0.2) is 9.97 Å². The van der Waals surface area contributed by atoms with Crippen molar-refractivity contribution in [3.8, 4) is 10.6 Å². The summed E-state index contributed by atoms with van der Waals surface area (Å²) in [5.74, 6) is -0.862. The van der Waals surface area contributed by atoms with Gasteiger partial charge in [0, 0.05) is 24.0 Å². The number of hydrogen-bond acceptors (Lipinski definition) is 8. The minimum Gasteiger partial charge on any atom is -0.378 e. The summed E-state index contributed by atoms with van der Waals surface area (Å²) >= 11 is 2.68. The molecule has 10 heteroatoms. The molecule has 1 aliphatic heterocycles. The highest BCUT2D eigenvalue weighted by molar-refractivity contribution is 7.17. The first kappa shape index (κ1) is 19.5. The molecule has 29 heavy (non-hydrogen) atoms. The molecule has 2 N–H and O–H groups in total. The molecule has 0 bridgehead atoms. The number of amides is 2. The maximum Gasteiger partial charge on any atom is 0.289 e. The summed E-state index contributed by atoms with van der Waals surface area (Å²) in [7, 11) is 0. The number of aryl methyl sites for hydroxylation is 1. The lowest BCUT2D eigenvalue weighted by molar-refractivity contribution is 0.0846. The third-order valence-electron chi connectivity index (χ3n) is 4.32. The van der Waals surface area contributed by atoms with Crippen LogP contribution in [-0.4, -0.2) is 48.1 Å². The van der Waals surface area contributed by atoms with Crippen LogP contribution in [0.15, 0.2) is 35.7 Å². The van der Waals surface area contributed by atoms with E-state index in [9.17, 15) is 9.59 Å². The van der Waals surface area contributed by atoms with E-state index in [1.165, 1.54) is 22.7 Å². The van der Waals surface area contributed by atoms with Gasteiger partial charge in [0.2, 0.25) is 0 Å². The van der Waals surface area contributed by atoms with E-state index in [4.69, 9.17) is 4.74 Å². The Morgan fingerprint density at radius 2 is 1.79 bits per heavy atom. The molecule has 0 aliphatic carbocycles. The lowest BCUT2D eigenvalue weighted by atomic mass is 10.2. The highest BCUT2D eigenvalue weighted by atomic mass is 32.1. The fraction of sp³-hybridized carbons (Fsp3) is 0.263. The molecule has 2 aromatic heterocycles. The fourth-order valence-corrected chi connectivity index (χ4v) is 4.64. The first-order valence-corrected chi connectivity index (χ1v) is 10.7. The number of nitrogens with zero attached hydrogens (tertiary/aromatic N) is 3. The van der Waals surface area contributed by atoms with Crippen LogP contribution in [0.5, 0.6) is 0 Å². The van der Waals surface area contributed by atoms with Crippen LogP contribution in [0.25, 0.3) is 10.6 Å². The Morgan fingerprint density at radius 1 is 1.07 bits per heavy atom. The third kappa shape index (κ3) is 4.44. The van der Waals surface area contributed by atoms with Gasteiger partial charge < -0.3 is 9.64 Å². The zero-order valence-electron chi connectivity index (χ0n) is 15.7. The second kappa shape index (κ2) is 8.68. The van der Waals surface area contributed by atoms with E-state index in [1.807, 2.05) is 30.3 Å². The second-order valence-corrected chi connectivity index (χ2v) is 8.16. The standard InChI is InChI=1S/C19H19N5O3S2/c1-12-15(29-18(20-12)13-5-3-2-4-6-13)17(26)23-22-16(25)14-11-28-19(21-14)24-7-9-27-10-8-24/h2-6,11H,7-10H2,1H3,(H,22,25)(H,23,26). The third-order valence-corrected chi connectivity index (χ3v) is 6.43. The normalized spacial score (nSPS) is 13.9. The Bertz CT molecular complexity index is 1010. The van der Waals surface area contributed by atoms with Gasteiger partial charge in [0.05, 0.1) is 18.9 Å². The largest absolute Gasteiger partial charge is 0.378 e. The molecule has 0 atom stereocenters. The Kier molecular flexibility index (Phi) is 5.84. The SMILES string of the molecule is Cc1nc(-c2ccccc2)sc1C(=O)NNC(=O)c1csc(N2CCOCC2)n1. The fourth-order valence-electron chi connectivity index (χ4n) is 2.81. The van der Waals surface area contributed by atoms with Crippen LogP contribution in [0.1, 0.15) is 25.9 Å². The molecular formula is C19H19N5O3S2. The number of carbonyl (C=O) groups is 2. The summed E-state index contributed by atoms with van der Waals surface area (Å²) < 4.78 is 5.33. The average Bonchev–Trinajstić information content (AvgIpc) is 3.40. The van der Waals surface area contributed by atoms with Gasteiger partial charge in [-0.1, -0.05) is 30.3 Å². The minimum absolute atomic E-state index is 0.266. The maximum absolute atomic E-state index is 12.5. The molecule has 1 aliphatic rings. The summed E-state index contributed by atoms with van der Waals surface area (Å²) in [4.78, 5) is 36.2. The zero-order valence-corrected chi connectivity index (χ0v) is 17.3. The van der Waals surface area contributed by atoms with Gasteiger partial charge in [-0.2, -0.15) is 0 Å². The van der Waals surface area contributed by atoms with Crippen molar-refractivity contribution < 1.29 is 14.3 Å². The monoisotopic (exact) mass is 429 g/mol. The number of benzene rings is 1. The summed E-state index contributed by atoms with van der Waals surface area (Å²) in [6, 6.07) is 9.65. The van der Waals surface area contributed by atoms with E-state index < -0.39 is 11.8 Å². The van der Waals surface area contributed by atoms with Crippen LogP contribution in [-0.2, 0) is 4.74 Å². The van der Waals surface area contributed by atoms with E-state index in [2.05, 4.69) is 25.7 Å². The smallest absolute Gasteiger partial charge is 0.289 e. The van der Waals surface area contributed by atoms with Crippen molar-refractivity contribution in [1.29, 1.82) is 0 Å². The zero-order chi connectivity index (χ0) is 20.2. The van der Waals surface area contributed by atoms with E-state index in [1.54, 1.807) is 12.3 Å². The van der Waals surface area contributed by atoms with Crippen molar-refractivity contribution >= 4 is 39.6 Å². The summed E-state index contributed by atoms with van der Waals surface area (Å²) in [6.45, 7) is 4.57. The Balaban J connectivity index is 1.38. The van der Waals surface area contributed by atoms with Crippen molar-refractivity contribution in [2.24, 2.45) is 0 Å². The van der Waals surface area contributed by atoms with Crippen molar-refractivity contribution in [2.45, 2.75) is 6.92 Å². The number of ether oxygens (including phenoxy) is 1. The van der Waals surface area contributed by atoms with Crippen molar-refractivity contribution in [2.75, 3.05) is 31.2 Å². The van der Waals surface area contributed by atoms with E-state index >= 15 is 0 Å². The van der Waals surface area contributed by atoms with Gasteiger partial charge in [0.15, 0.2) is 5.13 Å². The van der Waals surface area contributed by atoms with Gasteiger partial charge in [-0.3, -0.25) is 20.4 Å². The van der Waals surface area contributed by atoms with Crippen molar-refractivity contribution in [1.82, 2.24) is 20.8 Å². The molecule has 0 spiro atoms. The molecule has 0 saturated carbocycles. The van der Waals surface area contributed by atoms with Crippen LogP contribution in [0.3, 0.4) is 0 Å². The Labute approximate surface area is 175 Å². The molecule has 0 radical (unpaired) electrons. The number of anilines is 1. The highest BCUT2D eigenvalue weighted by Gasteiger charge is 2.20. The Morgan fingerprint density at radius 3 is 2.55 bits per heavy atom. The van der Waals surface area contributed by atoms with Crippen LogP contribution >= 0.6 is 22.7 Å². The number of morpholine rings is 1. The topological polar surface area (TPSA) is 96.5 Å². The first-order valence-electron chi connectivity index (χ1n) is 9.03. The van der Waals surface area contributed by atoms with Gasteiger partial charge in [-0.15, -0.1) is 22.7 Å². The van der Waals surface area contributed by atoms with Gasteiger partial charge in [0.25, 0.3) is 11.8 Å². The lowest BCUT2D eigenvalue weighted by Crippen LogP contribution is -2.41. The summed E-state index contributed by atoms with van der Waals surface area (Å²) in [5, 5.41) is 3.21. The summed E-state index contributed by atoms with van der Waals surface area (Å²) in [5.41, 5.74) is 6.71. The molecule has 2 amide bonds. The van der Waals surface area contributed by atoms with Crippen LogP contribution in [0.4, 0.5) is 5.13 Å². The molecule has 0 unspecified atom stereocenters. The van der Waals surface area contributed by atoms with Gasteiger partial charge in [-0.05, 0) is 6.92 Å². The molecule has 3 aromatic rings. The second-order valence-electron chi connectivity index (χ2n) is 6.32.